The number of H-pyrrole nitrogens is 1. The first kappa shape index (κ1) is 19.4. The summed E-state index contributed by atoms with van der Waals surface area (Å²) in [6.07, 6.45) is 6.19. The average molecular weight is 386 g/mol. The van der Waals surface area contributed by atoms with E-state index in [9.17, 15) is 4.79 Å². The zero-order chi connectivity index (χ0) is 20.4. The Morgan fingerprint density at radius 1 is 1.24 bits per heavy atom. The molecular formula is C24H26N4O. The molecule has 1 unspecified atom stereocenters. The number of benzene rings is 1. The van der Waals surface area contributed by atoms with E-state index in [4.69, 9.17) is 11.0 Å². The molecule has 29 heavy (non-hydrogen) atoms. The number of aromatic amines is 1. The van der Waals surface area contributed by atoms with Gasteiger partial charge in [0.2, 0.25) is 0 Å². The zero-order valence-corrected chi connectivity index (χ0v) is 16.7. The molecule has 5 heteroatoms. The van der Waals surface area contributed by atoms with Crippen LogP contribution in [0.25, 0.3) is 22.3 Å². The number of hydrogen-bond acceptors (Lipinski definition) is 4. The molecule has 3 aromatic rings. The molecule has 0 radical (unpaired) electrons. The minimum absolute atomic E-state index is 0.144. The van der Waals surface area contributed by atoms with E-state index in [0.717, 1.165) is 53.5 Å². The van der Waals surface area contributed by atoms with Gasteiger partial charge < -0.3 is 10.7 Å². The SMILES string of the molecule is CC(N)C1CCC(C(=O)Cc2ccnc3[nH]c(-c4ccc(C#N)cc4)cc23)CC1. The molecule has 0 amide bonds. The molecule has 0 saturated heterocycles. The molecular weight excluding hydrogens is 360 g/mol. The van der Waals surface area contributed by atoms with Gasteiger partial charge in [0.15, 0.2) is 0 Å². The van der Waals surface area contributed by atoms with E-state index in [1.54, 1.807) is 18.3 Å². The van der Waals surface area contributed by atoms with Crippen LogP contribution < -0.4 is 5.73 Å². The molecule has 2 aromatic heterocycles. The molecule has 3 N–H and O–H groups in total. The number of carbonyl (C=O) groups excluding carboxylic acids is 1. The van der Waals surface area contributed by atoms with Gasteiger partial charge in [-0.2, -0.15) is 5.26 Å². The van der Waals surface area contributed by atoms with Gasteiger partial charge in [0.25, 0.3) is 0 Å². The number of hydrogen-bond donors (Lipinski definition) is 2. The fourth-order valence-corrected chi connectivity index (χ4v) is 4.41. The van der Waals surface area contributed by atoms with Crippen LogP contribution in [0.5, 0.6) is 0 Å². The molecule has 1 aromatic carbocycles. The molecule has 148 valence electrons. The van der Waals surface area contributed by atoms with Crippen LogP contribution in [-0.4, -0.2) is 21.8 Å². The Labute approximate surface area is 171 Å². The van der Waals surface area contributed by atoms with E-state index in [-0.39, 0.29) is 12.0 Å². The lowest BCUT2D eigenvalue weighted by Crippen LogP contribution is -2.32. The minimum atomic E-state index is 0.144. The first-order valence-corrected chi connectivity index (χ1v) is 10.3. The van der Waals surface area contributed by atoms with Gasteiger partial charge in [-0.05, 0) is 73.9 Å². The van der Waals surface area contributed by atoms with Crippen LogP contribution in [0.4, 0.5) is 0 Å². The predicted octanol–water partition coefficient (Wildman–Crippen LogP) is 4.37. The topological polar surface area (TPSA) is 95.6 Å². The number of Topliss-reactive ketones (excluding diaryl/α,β-unsaturated/α-hetero) is 1. The van der Waals surface area contributed by atoms with Crippen LogP contribution in [0.2, 0.25) is 0 Å². The first-order valence-electron chi connectivity index (χ1n) is 10.3. The van der Waals surface area contributed by atoms with E-state index < -0.39 is 0 Å². The molecule has 0 spiro atoms. The zero-order valence-electron chi connectivity index (χ0n) is 16.7. The number of aromatic nitrogens is 2. The fourth-order valence-electron chi connectivity index (χ4n) is 4.41. The van der Waals surface area contributed by atoms with Gasteiger partial charge in [-0.15, -0.1) is 0 Å². The van der Waals surface area contributed by atoms with E-state index >= 15 is 0 Å². The minimum Gasteiger partial charge on any atom is -0.339 e. The summed E-state index contributed by atoms with van der Waals surface area (Å²) in [6.45, 7) is 2.07. The third-order valence-electron chi connectivity index (χ3n) is 6.28. The molecule has 1 saturated carbocycles. The molecule has 1 aliphatic rings. The number of fused-ring (bicyclic) bond motifs is 1. The molecule has 5 nitrogen and oxygen atoms in total. The van der Waals surface area contributed by atoms with E-state index in [2.05, 4.69) is 29.0 Å². The van der Waals surface area contributed by atoms with Crippen LogP contribution in [0.1, 0.15) is 43.7 Å². The Morgan fingerprint density at radius 3 is 2.62 bits per heavy atom. The second-order valence-electron chi connectivity index (χ2n) is 8.22. The Morgan fingerprint density at radius 2 is 1.97 bits per heavy atom. The van der Waals surface area contributed by atoms with Gasteiger partial charge in [-0.3, -0.25) is 4.79 Å². The highest BCUT2D eigenvalue weighted by Crippen LogP contribution is 2.32. The fraction of sp³-hybridized carbons (Fsp3) is 0.375. The monoisotopic (exact) mass is 386 g/mol. The molecule has 2 heterocycles. The number of nitrogens with two attached hydrogens (primary N) is 1. The standard InChI is InChI=1S/C24H26N4O/c1-15(26)17-6-8-19(9-7-17)23(29)12-20-10-11-27-24-21(20)13-22(28-24)18-4-2-16(14-25)3-5-18/h2-5,10-11,13,15,17,19H,6-9,12,26H2,1H3,(H,27,28). The number of ketones is 1. The quantitative estimate of drug-likeness (QED) is 0.681. The Balaban J connectivity index is 1.53. The van der Waals surface area contributed by atoms with Crippen LogP contribution in [0, 0.1) is 23.2 Å². The van der Waals surface area contributed by atoms with Crippen LogP contribution in [-0.2, 0) is 11.2 Å². The number of nitriles is 1. The maximum absolute atomic E-state index is 12.9. The van der Waals surface area contributed by atoms with Crippen molar-refractivity contribution < 1.29 is 4.79 Å². The van der Waals surface area contributed by atoms with Gasteiger partial charge in [0, 0.05) is 35.7 Å². The Kier molecular flexibility index (Phi) is 5.46. The van der Waals surface area contributed by atoms with Gasteiger partial charge in [-0.25, -0.2) is 4.98 Å². The average Bonchev–Trinajstić information content (AvgIpc) is 3.19. The van der Waals surface area contributed by atoms with Crippen molar-refractivity contribution in [3.8, 4) is 17.3 Å². The van der Waals surface area contributed by atoms with Crippen molar-refractivity contribution in [2.24, 2.45) is 17.6 Å². The molecule has 0 bridgehead atoms. The van der Waals surface area contributed by atoms with Crippen LogP contribution in [0.15, 0.2) is 42.6 Å². The number of nitrogens with zero attached hydrogens (tertiary/aromatic N) is 2. The van der Waals surface area contributed by atoms with Crippen molar-refractivity contribution >= 4 is 16.8 Å². The van der Waals surface area contributed by atoms with Crippen molar-refractivity contribution in [2.45, 2.75) is 45.1 Å². The molecule has 1 atom stereocenters. The van der Waals surface area contributed by atoms with Crippen LogP contribution in [0.3, 0.4) is 0 Å². The van der Waals surface area contributed by atoms with Gasteiger partial charge >= 0.3 is 0 Å². The van der Waals surface area contributed by atoms with Crippen LogP contribution >= 0.6 is 0 Å². The number of nitrogens with one attached hydrogen (secondary N) is 1. The molecule has 1 aliphatic carbocycles. The normalized spacial score (nSPS) is 20.3. The highest BCUT2D eigenvalue weighted by Gasteiger charge is 2.28. The van der Waals surface area contributed by atoms with Gasteiger partial charge in [-0.1, -0.05) is 12.1 Å². The summed E-state index contributed by atoms with van der Waals surface area (Å²) in [5.41, 5.74) is 10.4. The molecule has 0 aliphatic heterocycles. The predicted molar refractivity (Wildman–Crippen MR) is 114 cm³/mol. The first-order chi connectivity index (χ1) is 14.0. The smallest absolute Gasteiger partial charge is 0.140 e. The number of rotatable bonds is 5. The summed E-state index contributed by atoms with van der Waals surface area (Å²) < 4.78 is 0. The third kappa shape index (κ3) is 4.08. The third-order valence-corrected chi connectivity index (χ3v) is 6.28. The maximum Gasteiger partial charge on any atom is 0.140 e. The van der Waals surface area contributed by atoms with Crippen molar-refractivity contribution in [3.63, 3.8) is 0 Å². The second kappa shape index (κ2) is 8.18. The number of pyridine rings is 1. The number of carbonyl (C=O) groups is 1. The summed E-state index contributed by atoms with van der Waals surface area (Å²) in [5.74, 6) is 1.01. The van der Waals surface area contributed by atoms with E-state index in [1.165, 1.54) is 0 Å². The molecule has 4 rings (SSSR count). The summed E-state index contributed by atoms with van der Waals surface area (Å²) in [7, 11) is 0. The summed E-state index contributed by atoms with van der Waals surface area (Å²) in [6, 6.07) is 13.8. The van der Waals surface area contributed by atoms with Crippen molar-refractivity contribution in [1.29, 1.82) is 5.26 Å². The Bertz CT molecular complexity index is 1050. The van der Waals surface area contributed by atoms with Gasteiger partial charge in [0.05, 0.1) is 11.6 Å². The van der Waals surface area contributed by atoms with Crippen molar-refractivity contribution in [1.82, 2.24) is 9.97 Å². The Hall–Kier alpha value is -2.97. The van der Waals surface area contributed by atoms with Crippen molar-refractivity contribution in [3.05, 3.63) is 53.7 Å². The lowest BCUT2D eigenvalue weighted by atomic mass is 9.76. The highest BCUT2D eigenvalue weighted by molar-refractivity contribution is 5.91. The van der Waals surface area contributed by atoms with E-state index in [0.29, 0.717) is 23.7 Å². The van der Waals surface area contributed by atoms with E-state index in [1.807, 2.05) is 18.2 Å². The summed E-state index contributed by atoms with van der Waals surface area (Å²) in [4.78, 5) is 20.7. The summed E-state index contributed by atoms with van der Waals surface area (Å²) in [5, 5.41) is 9.97. The van der Waals surface area contributed by atoms with Crippen molar-refractivity contribution in [2.75, 3.05) is 0 Å². The largest absolute Gasteiger partial charge is 0.339 e. The lowest BCUT2D eigenvalue weighted by molar-refractivity contribution is -0.123. The lowest BCUT2D eigenvalue weighted by Gasteiger charge is -2.30. The highest BCUT2D eigenvalue weighted by atomic mass is 16.1. The second-order valence-corrected chi connectivity index (χ2v) is 8.22. The van der Waals surface area contributed by atoms with Gasteiger partial charge in [0.1, 0.15) is 11.4 Å². The molecule has 1 fully saturated rings. The summed E-state index contributed by atoms with van der Waals surface area (Å²) >= 11 is 0. The maximum atomic E-state index is 12.9.